The molecule has 1 heterocycles. The summed E-state index contributed by atoms with van der Waals surface area (Å²) in [5, 5.41) is 13.2. The van der Waals surface area contributed by atoms with Gasteiger partial charge in [0.05, 0.1) is 0 Å². The fourth-order valence-electron chi connectivity index (χ4n) is 1.86. The Hall–Kier alpha value is -1.28. The molecule has 74 valence electrons. The largest absolute Gasteiger partial charge is 0.384 e. The quantitative estimate of drug-likeness (QED) is 0.699. The number of benzene rings is 1. The molecule has 1 aliphatic rings. The fraction of sp³-hybridized carbons (Fsp3) is 0.333. The highest BCUT2D eigenvalue weighted by molar-refractivity contribution is 5.62. The van der Waals surface area contributed by atoms with Gasteiger partial charge in [-0.2, -0.15) is 0 Å². The SMILES string of the molecule is C=C(C)C(O)c1cccc2c1NCC2. The molecule has 0 spiro atoms. The molecule has 0 aromatic heterocycles. The van der Waals surface area contributed by atoms with Crippen LogP contribution < -0.4 is 5.32 Å². The van der Waals surface area contributed by atoms with Crippen LogP contribution in [0.4, 0.5) is 5.69 Å². The molecule has 0 aliphatic carbocycles. The van der Waals surface area contributed by atoms with Gasteiger partial charge in [0.15, 0.2) is 0 Å². The number of aliphatic hydroxyl groups is 1. The molecular weight excluding hydrogens is 174 g/mol. The maximum absolute atomic E-state index is 9.92. The highest BCUT2D eigenvalue weighted by Gasteiger charge is 2.18. The molecule has 1 aliphatic heterocycles. The first-order chi connectivity index (χ1) is 6.70. The first-order valence-electron chi connectivity index (χ1n) is 4.89. The van der Waals surface area contributed by atoms with E-state index in [2.05, 4.69) is 18.0 Å². The average Bonchev–Trinajstić information content (AvgIpc) is 2.63. The van der Waals surface area contributed by atoms with Crippen LogP contribution in [-0.4, -0.2) is 11.7 Å². The minimum atomic E-state index is -0.546. The summed E-state index contributed by atoms with van der Waals surface area (Å²) in [4.78, 5) is 0. The van der Waals surface area contributed by atoms with E-state index in [1.54, 1.807) is 0 Å². The van der Waals surface area contributed by atoms with Gasteiger partial charge in [0.1, 0.15) is 6.10 Å². The van der Waals surface area contributed by atoms with E-state index in [9.17, 15) is 5.11 Å². The van der Waals surface area contributed by atoms with Crippen molar-refractivity contribution in [3.05, 3.63) is 41.5 Å². The number of rotatable bonds is 2. The second-order valence-corrected chi connectivity index (χ2v) is 3.81. The van der Waals surface area contributed by atoms with Gasteiger partial charge in [-0.1, -0.05) is 24.8 Å². The van der Waals surface area contributed by atoms with E-state index in [0.717, 1.165) is 29.8 Å². The molecule has 1 aromatic rings. The van der Waals surface area contributed by atoms with Crippen LogP contribution in [0.25, 0.3) is 0 Å². The maximum Gasteiger partial charge on any atom is 0.102 e. The normalized spacial score (nSPS) is 15.9. The summed E-state index contributed by atoms with van der Waals surface area (Å²) in [6, 6.07) is 6.05. The molecular formula is C12H15NO. The Balaban J connectivity index is 2.44. The number of hydrogen-bond donors (Lipinski definition) is 2. The molecule has 0 saturated carbocycles. The van der Waals surface area contributed by atoms with Gasteiger partial charge >= 0.3 is 0 Å². The van der Waals surface area contributed by atoms with E-state index in [1.807, 2.05) is 19.1 Å². The predicted octanol–water partition coefficient (Wildman–Crippen LogP) is 2.26. The first kappa shape index (κ1) is 9.28. The van der Waals surface area contributed by atoms with Crippen molar-refractivity contribution in [1.29, 1.82) is 0 Å². The van der Waals surface area contributed by atoms with Gasteiger partial charge in [-0.15, -0.1) is 0 Å². The second kappa shape index (κ2) is 3.46. The number of nitrogens with one attached hydrogen (secondary N) is 1. The molecule has 0 amide bonds. The van der Waals surface area contributed by atoms with Crippen LogP contribution in [0.3, 0.4) is 0 Å². The van der Waals surface area contributed by atoms with Crippen LogP contribution in [0.15, 0.2) is 30.4 Å². The van der Waals surface area contributed by atoms with Crippen molar-refractivity contribution < 1.29 is 5.11 Å². The zero-order valence-electron chi connectivity index (χ0n) is 8.38. The van der Waals surface area contributed by atoms with Gasteiger partial charge in [-0.25, -0.2) is 0 Å². The maximum atomic E-state index is 9.92. The van der Waals surface area contributed by atoms with Crippen molar-refractivity contribution in [3.63, 3.8) is 0 Å². The van der Waals surface area contributed by atoms with Crippen molar-refractivity contribution in [2.24, 2.45) is 0 Å². The van der Waals surface area contributed by atoms with E-state index in [-0.39, 0.29) is 0 Å². The lowest BCUT2D eigenvalue weighted by Gasteiger charge is -2.15. The number of anilines is 1. The summed E-state index contributed by atoms with van der Waals surface area (Å²) in [7, 11) is 0. The molecule has 0 fully saturated rings. The Morgan fingerprint density at radius 2 is 2.36 bits per heavy atom. The number of para-hydroxylation sites is 1. The Morgan fingerprint density at radius 3 is 3.07 bits per heavy atom. The van der Waals surface area contributed by atoms with Crippen molar-refractivity contribution in [2.75, 3.05) is 11.9 Å². The second-order valence-electron chi connectivity index (χ2n) is 3.81. The summed E-state index contributed by atoms with van der Waals surface area (Å²) >= 11 is 0. The Labute approximate surface area is 84.3 Å². The Bertz CT molecular complexity index is 371. The summed E-state index contributed by atoms with van der Waals surface area (Å²) in [6.45, 7) is 6.59. The third kappa shape index (κ3) is 1.42. The highest BCUT2D eigenvalue weighted by atomic mass is 16.3. The van der Waals surface area contributed by atoms with Crippen molar-refractivity contribution in [2.45, 2.75) is 19.4 Å². The smallest absolute Gasteiger partial charge is 0.102 e. The minimum absolute atomic E-state index is 0.546. The number of aliphatic hydroxyl groups excluding tert-OH is 1. The monoisotopic (exact) mass is 189 g/mol. The first-order valence-corrected chi connectivity index (χ1v) is 4.89. The molecule has 2 N–H and O–H groups in total. The Kier molecular flexibility index (Phi) is 2.30. The van der Waals surface area contributed by atoms with Crippen molar-refractivity contribution in [3.8, 4) is 0 Å². The third-order valence-corrected chi connectivity index (χ3v) is 2.64. The van der Waals surface area contributed by atoms with Crippen LogP contribution >= 0.6 is 0 Å². The molecule has 0 saturated heterocycles. The predicted molar refractivity (Wildman–Crippen MR) is 58.4 cm³/mol. The van der Waals surface area contributed by atoms with Gasteiger partial charge in [0, 0.05) is 17.8 Å². The van der Waals surface area contributed by atoms with Gasteiger partial charge in [0.2, 0.25) is 0 Å². The number of fused-ring (bicyclic) bond motifs is 1. The van der Waals surface area contributed by atoms with Crippen LogP contribution in [0.1, 0.15) is 24.2 Å². The summed E-state index contributed by atoms with van der Waals surface area (Å²) in [5.41, 5.74) is 4.13. The van der Waals surface area contributed by atoms with E-state index in [0.29, 0.717) is 0 Å². The molecule has 2 rings (SSSR count). The van der Waals surface area contributed by atoms with Crippen molar-refractivity contribution in [1.82, 2.24) is 0 Å². The van der Waals surface area contributed by atoms with Crippen LogP contribution in [0.2, 0.25) is 0 Å². The summed E-state index contributed by atoms with van der Waals surface area (Å²) in [6.07, 6.45) is 0.502. The molecule has 0 radical (unpaired) electrons. The molecule has 1 atom stereocenters. The van der Waals surface area contributed by atoms with Gasteiger partial charge in [-0.05, 0) is 24.5 Å². The molecule has 2 nitrogen and oxygen atoms in total. The molecule has 0 bridgehead atoms. The van der Waals surface area contributed by atoms with E-state index < -0.39 is 6.10 Å². The number of hydrogen-bond acceptors (Lipinski definition) is 2. The zero-order chi connectivity index (χ0) is 10.1. The molecule has 1 unspecified atom stereocenters. The lowest BCUT2D eigenvalue weighted by molar-refractivity contribution is 0.217. The molecule has 14 heavy (non-hydrogen) atoms. The summed E-state index contributed by atoms with van der Waals surface area (Å²) in [5.74, 6) is 0. The standard InChI is InChI=1S/C12H15NO/c1-8(2)12(14)10-5-3-4-9-6-7-13-11(9)10/h3-5,12-14H,1,6-7H2,2H3. The Morgan fingerprint density at radius 1 is 1.57 bits per heavy atom. The van der Waals surface area contributed by atoms with Crippen molar-refractivity contribution >= 4 is 5.69 Å². The van der Waals surface area contributed by atoms with Gasteiger partial charge in [-0.3, -0.25) is 0 Å². The van der Waals surface area contributed by atoms with Gasteiger partial charge in [0.25, 0.3) is 0 Å². The highest BCUT2D eigenvalue weighted by Crippen LogP contribution is 2.33. The van der Waals surface area contributed by atoms with E-state index in [4.69, 9.17) is 0 Å². The fourth-order valence-corrected chi connectivity index (χ4v) is 1.86. The van der Waals surface area contributed by atoms with E-state index in [1.165, 1.54) is 5.56 Å². The van der Waals surface area contributed by atoms with Gasteiger partial charge < -0.3 is 10.4 Å². The summed E-state index contributed by atoms with van der Waals surface area (Å²) < 4.78 is 0. The minimum Gasteiger partial charge on any atom is -0.384 e. The topological polar surface area (TPSA) is 32.3 Å². The third-order valence-electron chi connectivity index (χ3n) is 2.64. The van der Waals surface area contributed by atoms with Crippen LogP contribution in [-0.2, 0) is 6.42 Å². The zero-order valence-corrected chi connectivity index (χ0v) is 8.38. The molecule has 2 heteroatoms. The van der Waals surface area contributed by atoms with E-state index >= 15 is 0 Å². The lowest BCUT2D eigenvalue weighted by Crippen LogP contribution is -2.02. The average molecular weight is 189 g/mol. The van der Waals surface area contributed by atoms with Crippen LogP contribution in [0, 0.1) is 0 Å². The van der Waals surface area contributed by atoms with Crippen LogP contribution in [0.5, 0.6) is 0 Å². The lowest BCUT2D eigenvalue weighted by atomic mass is 9.99. The molecule has 1 aromatic carbocycles.